The summed E-state index contributed by atoms with van der Waals surface area (Å²) in [6, 6.07) is 0.369. The molecular formula is C15H26N4O2. The summed E-state index contributed by atoms with van der Waals surface area (Å²) in [4.78, 5) is 13.9. The second-order valence-corrected chi connectivity index (χ2v) is 6.65. The fourth-order valence-corrected chi connectivity index (χ4v) is 2.47. The van der Waals surface area contributed by atoms with E-state index in [1.165, 1.54) is 0 Å². The van der Waals surface area contributed by atoms with Gasteiger partial charge < -0.3 is 15.0 Å². The Balaban J connectivity index is 1.87. The highest BCUT2D eigenvalue weighted by molar-refractivity contribution is 5.68. The molecule has 0 saturated carbocycles. The first-order chi connectivity index (χ1) is 9.85. The average Bonchev–Trinajstić information content (AvgIpc) is 2.62. The molecule has 1 atom stereocenters. The number of aromatic amines is 1. The predicted molar refractivity (Wildman–Crippen MR) is 82.4 cm³/mol. The second-order valence-electron chi connectivity index (χ2n) is 6.65. The molecule has 0 aliphatic carbocycles. The number of ether oxygens (including phenoxy) is 1. The average molecular weight is 294 g/mol. The summed E-state index contributed by atoms with van der Waals surface area (Å²) >= 11 is 0. The zero-order valence-corrected chi connectivity index (χ0v) is 13.4. The van der Waals surface area contributed by atoms with Gasteiger partial charge in [0.25, 0.3) is 0 Å². The van der Waals surface area contributed by atoms with Crippen LogP contribution in [0, 0.1) is 6.92 Å². The first-order valence-electron chi connectivity index (χ1n) is 7.59. The first kappa shape index (κ1) is 15.7. The Morgan fingerprint density at radius 1 is 1.43 bits per heavy atom. The van der Waals surface area contributed by atoms with Crippen LogP contribution in [0.4, 0.5) is 10.5 Å². The maximum absolute atomic E-state index is 12.1. The summed E-state index contributed by atoms with van der Waals surface area (Å²) < 4.78 is 5.44. The van der Waals surface area contributed by atoms with Gasteiger partial charge in [-0.1, -0.05) is 0 Å². The summed E-state index contributed by atoms with van der Waals surface area (Å²) in [5.74, 6) is 0. The largest absolute Gasteiger partial charge is 0.444 e. The van der Waals surface area contributed by atoms with Crippen LogP contribution < -0.4 is 5.32 Å². The van der Waals surface area contributed by atoms with Gasteiger partial charge in [-0.15, -0.1) is 0 Å². The molecule has 6 heteroatoms. The van der Waals surface area contributed by atoms with Crippen LogP contribution in [0.1, 0.15) is 45.7 Å². The van der Waals surface area contributed by atoms with Crippen LogP contribution in [0.5, 0.6) is 0 Å². The number of rotatable bonds is 2. The van der Waals surface area contributed by atoms with Crippen molar-refractivity contribution in [2.24, 2.45) is 0 Å². The van der Waals surface area contributed by atoms with Gasteiger partial charge in [-0.25, -0.2) is 4.79 Å². The minimum absolute atomic E-state index is 0.206. The zero-order valence-electron chi connectivity index (χ0n) is 13.4. The van der Waals surface area contributed by atoms with Crippen LogP contribution >= 0.6 is 0 Å². The predicted octanol–water partition coefficient (Wildman–Crippen LogP) is 2.92. The van der Waals surface area contributed by atoms with E-state index in [0.717, 1.165) is 43.7 Å². The van der Waals surface area contributed by atoms with E-state index in [4.69, 9.17) is 4.74 Å². The quantitative estimate of drug-likeness (QED) is 0.880. The van der Waals surface area contributed by atoms with Crippen LogP contribution in [0.25, 0.3) is 0 Å². The van der Waals surface area contributed by atoms with E-state index in [-0.39, 0.29) is 6.09 Å². The molecule has 21 heavy (non-hydrogen) atoms. The third kappa shape index (κ3) is 4.65. The number of amides is 1. The molecule has 6 nitrogen and oxygen atoms in total. The molecule has 0 unspecified atom stereocenters. The van der Waals surface area contributed by atoms with E-state index in [1.54, 1.807) is 0 Å². The van der Waals surface area contributed by atoms with Gasteiger partial charge in [0.05, 0.1) is 17.6 Å². The highest BCUT2D eigenvalue weighted by Gasteiger charge is 2.25. The third-order valence-electron chi connectivity index (χ3n) is 3.57. The molecule has 1 fully saturated rings. The Morgan fingerprint density at radius 3 is 2.81 bits per heavy atom. The van der Waals surface area contributed by atoms with Gasteiger partial charge in [0.2, 0.25) is 0 Å². The molecule has 1 amide bonds. The highest BCUT2D eigenvalue weighted by Crippen LogP contribution is 2.19. The van der Waals surface area contributed by atoms with Crippen molar-refractivity contribution in [1.82, 2.24) is 15.1 Å². The van der Waals surface area contributed by atoms with Gasteiger partial charge in [0.15, 0.2) is 0 Å². The lowest BCUT2D eigenvalue weighted by molar-refractivity contribution is 0.0256. The minimum atomic E-state index is -0.436. The Labute approximate surface area is 126 Å². The molecule has 1 aliphatic heterocycles. The summed E-state index contributed by atoms with van der Waals surface area (Å²) in [6.07, 6.45) is 4.55. The van der Waals surface area contributed by atoms with Crippen molar-refractivity contribution >= 4 is 11.8 Å². The highest BCUT2D eigenvalue weighted by atomic mass is 16.6. The van der Waals surface area contributed by atoms with Gasteiger partial charge in [0, 0.05) is 19.1 Å². The number of nitrogens with zero attached hydrogens (tertiary/aromatic N) is 2. The van der Waals surface area contributed by atoms with Crippen molar-refractivity contribution < 1.29 is 9.53 Å². The third-order valence-corrected chi connectivity index (χ3v) is 3.57. The molecule has 1 aromatic rings. The van der Waals surface area contributed by atoms with Gasteiger partial charge in [0.1, 0.15) is 5.60 Å². The molecule has 118 valence electrons. The normalized spacial score (nSPS) is 20.0. The summed E-state index contributed by atoms with van der Waals surface area (Å²) in [7, 11) is 0. The van der Waals surface area contributed by atoms with Gasteiger partial charge in [-0.05, 0) is 47.0 Å². The number of nitrogens with one attached hydrogen (secondary N) is 2. The SMILES string of the molecule is Cc1[nH]ncc1N[C@H]1CCCN(C(=O)OC(C)(C)C)CC1. The summed E-state index contributed by atoms with van der Waals surface area (Å²) in [6.45, 7) is 9.18. The van der Waals surface area contributed by atoms with E-state index < -0.39 is 5.60 Å². The van der Waals surface area contributed by atoms with E-state index in [9.17, 15) is 4.79 Å². The van der Waals surface area contributed by atoms with Crippen LogP contribution in [0.2, 0.25) is 0 Å². The maximum Gasteiger partial charge on any atom is 0.410 e. The van der Waals surface area contributed by atoms with Crippen LogP contribution in [-0.4, -0.2) is 45.9 Å². The number of aromatic nitrogens is 2. The Kier molecular flexibility index (Phi) is 4.75. The smallest absolute Gasteiger partial charge is 0.410 e. The molecule has 0 spiro atoms. The van der Waals surface area contributed by atoms with Crippen molar-refractivity contribution in [3.05, 3.63) is 11.9 Å². The maximum atomic E-state index is 12.1. The monoisotopic (exact) mass is 294 g/mol. The lowest BCUT2D eigenvalue weighted by atomic mass is 10.1. The van der Waals surface area contributed by atoms with E-state index >= 15 is 0 Å². The standard InChI is InChI=1S/C15H26N4O2/c1-11-13(10-16-18-11)17-12-6-5-8-19(9-7-12)14(20)21-15(2,3)4/h10,12,17H,5-9H2,1-4H3,(H,16,18)/t12-/m0/s1. The van der Waals surface area contributed by atoms with Gasteiger partial charge >= 0.3 is 6.09 Å². The van der Waals surface area contributed by atoms with E-state index in [0.29, 0.717) is 6.04 Å². The minimum Gasteiger partial charge on any atom is -0.444 e. The van der Waals surface area contributed by atoms with Crippen LogP contribution in [0.15, 0.2) is 6.20 Å². The number of carbonyl (C=O) groups excluding carboxylic acids is 1. The van der Waals surface area contributed by atoms with Crippen molar-refractivity contribution in [2.75, 3.05) is 18.4 Å². The lowest BCUT2D eigenvalue weighted by Crippen LogP contribution is -2.37. The fraction of sp³-hybridized carbons (Fsp3) is 0.733. The lowest BCUT2D eigenvalue weighted by Gasteiger charge is -2.26. The van der Waals surface area contributed by atoms with Crippen molar-refractivity contribution in [2.45, 2.75) is 58.6 Å². The summed E-state index contributed by atoms with van der Waals surface area (Å²) in [5.41, 5.74) is 1.66. The number of anilines is 1. The molecule has 2 heterocycles. The fourth-order valence-electron chi connectivity index (χ4n) is 2.47. The molecular weight excluding hydrogens is 268 g/mol. The number of hydrogen-bond acceptors (Lipinski definition) is 4. The number of hydrogen-bond donors (Lipinski definition) is 2. The number of carbonyl (C=O) groups is 1. The molecule has 0 aromatic carbocycles. The first-order valence-corrected chi connectivity index (χ1v) is 7.59. The molecule has 2 N–H and O–H groups in total. The van der Waals surface area contributed by atoms with Gasteiger partial charge in [-0.2, -0.15) is 5.10 Å². The molecule has 1 saturated heterocycles. The molecule has 1 aliphatic rings. The van der Waals surface area contributed by atoms with Crippen molar-refractivity contribution in [3.8, 4) is 0 Å². The van der Waals surface area contributed by atoms with E-state index in [2.05, 4.69) is 15.5 Å². The molecule has 0 radical (unpaired) electrons. The second kappa shape index (κ2) is 6.37. The molecule has 0 bridgehead atoms. The summed E-state index contributed by atoms with van der Waals surface area (Å²) in [5, 5.41) is 10.5. The van der Waals surface area contributed by atoms with E-state index in [1.807, 2.05) is 38.8 Å². The molecule has 2 rings (SSSR count). The van der Waals surface area contributed by atoms with Crippen molar-refractivity contribution in [3.63, 3.8) is 0 Å². The zero-order chi connectivity index (χ0) is 15.5. The Morgan fingerprint density at radius 2 is 2.19 bits per heavy atom. The Hall–Kier alpha value is -1.72. The van der Waals surface area contributed by atoms with Crippen LogP contribution in [-0.2, 0) is 4.74 Å². The number of H-pyrrole nitrogens is 1. The Bertz CT molecular complexity index is 478. The molecule has 1 aromatic heterocycles. The van der Waals surface area contributed by atoms with Crippen molar-refractivity contribution in [1.29, 1.82) is 0 Å². The number of aryl methyl sites for hydroxylation is 1. The van der Waals surface area contributed by atoms with Gasteiger partial charge in [-0.3, -0.25) is 5.10 Å². The topological polar surface area (TPSA) is 70.2 Å². The van der Waals surface area contributed by atoms with Crippen LogP contribution in [0.3, 0.4) is 0 Å². The number of likely N-dealkylation sites (tertiary alicyclic amines) is 1.